The molecule has 2 rings (SSSR count). The first kappa shape index (κ1) is 61.8. The topological polar surface area (TPSA) is 262 Å². The van der Waals surface area contributed by atoms with Crippen LogP contribution < -0.4 is 31.9 Å². The molecule has 2 unspecified atom stereocenters. The number of ether oxygens (including phenoxy) is 1. The van der Waals surface area contributed by atoms with E-state index in [2.05, 4.69) is 38.8 Å². The lowest BCUT2D eigenvalue weighted by atomic mass is 9.96. The molecule has 2 aliphatic rings. The fraction of sp³-hybridized carbons (Fsp3) is 0.846. The normalized spacial score (nSPS) is 26.7. The van der Waals surface area contributed by atoms with Crippen LogP contribution in [-0.4, -0.2) is 130 Å². The summed E-state index contributed by atoms with van der Waals surface area (Å²) in [6, 6.07) is -8.80. The van der Waals surface area contributed by atoms with Crippen molar-refractivity contribution in [3.8, 4) is 0 Å². The molecular formula is C52H93N7O11. The molecule has 70 heavy (non-hydrogen) atoms. The van der Waals surface area contributed by atoms with E-state index in [-0.39, 0.29) is 13.0 Å². The quantitative estimate of drug-likeness (QED) is 0.0549. The zero-order chi connectivity index (χ0) is 52.5. The lowest BCUT2D eigenvalue weighted by Gasteiger charge is -2.32. The van der Waals surface area contributed by atoms with E-state index in [9.17, 15) is 48.6 Å². The van der Waals surface area contributed by atoms with Crippen molar-refractivity contribution in [2.24, 2.45) is 17.8 Å². The van der Waals surface area contributed by atoms with Crippen molar-refractivity contribution >= 4 is 47.3 Å². The van der Waals surface area contributed by atoms with Crippen LogP contribution in [0.5, 0.6) is 0 Å². The second-order valence-electron chi connectivity index (χ2n) is 20.8. The van der Waals surface area contributed by atoms with Crippen LogP contribution in [-0.2, 0) is 43.1 Å². The Hall–Kier alpha value is -4.32. The summed E-state index contributed by atoms with van der Waals surface area (Å²) >= 11 is 0. The maximum Gasteiger partial charge on any atom is 0.331 e. The van der Waals surface area contributed by atoms with Gasteiger partial charge in [-0.05, 0) is 64.2 Å². The Balaban J connectivity index is 2.41. The average molecular weight is 992 g/mol. The van der Waals surface area contributed by atoms with Gasteiger partial charge in [0.05, 0.1) is 18.6 Å². The van der Waals surface area contributed by atoms with Crippen LogP contribution in [0.1, 0.15) is 198 Å². The summed E-state index contributed by atoms with van der Waals surface area (Å²) in [7, 11) is 0. The van der Waals surface area contributed by atoms with E-state index in [0.29, 0.717) is 25.7 Å². The van der Waals surface area contributed by atoms with E-state index in [1.54, 1.807) is 34.6 Å². The third-order valence-electron chi connectivity index (χ3n) is 13.8. The minimum atomic E-state index is -1.61. The Labute approximate surface area is 418 Å². The van der Waals surface area contributed by atoms with E-state index >= 15 is 0 Å². The Kier molecular flexibility index (Phi) is 28.8. The molecule has 0 bridgehead atoms. The second-order valence-corrected chi connectivity index (χ2v) is 20.8. The van der Waals surface area contributed by atoms with E-state index in [4.69, 9.17) is 4.74 Å². The summed E-state index contributed by atoms with van der Waals surface area (Å²) in [5, 5.41) is 37.5. The predicted octanol–water partition coefficient (Wildman–Crippen LogP) is 4.60. The number of carbonyl (C=O) groups is 8. The van der Waals surface area contributed by atoms with Gasteiger partial charge in [-0.2, -0.15) is 0 Å². The molecule has 2 saturated heterocycles. The van der Waals surface area contributed by atoms with Gasteiger partial charge in [0.25, 0.3) is 0 Å². The maximum atomic E-state index is 14.1. The summed E-state index contributed by atoms with van der Waals surface area (Å²) in [6.07, 6.45) is 14.2. The number of fused-ring (bicyclic) bond motifs is 1. The summed E-state index contributed by atoms with van der Waals surface area (Å²) in [6.45, 7) is 16.8. The van der Waals surface area contributed by atoms with Gasteiger partial charge in [0.2, 0.25) is 41.4 Å². The van der Waals surface area contributed by atoms with Crippen LogP contribution in [0.25, 0.3) is 0 Å². The number of aliphatic hydroxyl groups is 2. The first-order valence-electron chi connectivity index (χ1n) is 26.8. The maximum absolute atomic E-state index is 14.1. The summed E-state index contributed by atoms with van der Waals surface area (Å²) in [4.78, 5) is 112. The number of esters is 1. The highest BCUT2D eigenvalue weighted by molar-refractivity contribution is 5.98. The Morgan fingerprint density at radius 2 is 0.971 bits per heavy atom. The summed E-state index contributed by atoms with van der Waals surface area (Å²) in [5.41, 5.74) is 0. The molecule has 0 aromatic carbocycles. The average Bonchev–Trinajstić information content (AvgIpc) is 3.80. The fourth-order valence-corrected chi connectivity index (χ4v) is 9.07. The minimum absolute atomic E-state index is 0.209. The van der Waals surface area contributed by atoms with Crippen molar-refractivity contribution < 1.29 is 53.3 Å². The first-order chi connectivity index (χ1) is 33.1. The lowest BCUT2D eigenvalue weighted by molar-refractivity contribution is -0.158. The standard InChI is InChI=1S/C52H93N7O11/c1-11-13-14-15-16-17-18-19-20-21-22-23-24-25-26-28-38-31-40(62)54-44(36(9)60)50(67)56-41(32(3)4)47(64)53-35(8)51(68)59-30-27-29-39(59)46(63)57-43(34(7)12-2)49(66)55-42(33(5)6)48(65)58-45(37(10)61)52(69)70-38/h32-39,41-45,60-61H,11-31H2,1-10H3,(H,53,64)(H,54,62)(H,55,66)(H,56,67)(H,57,63)(H,58,65)/t34-,35+,36+,37+,38?,39?,41-,42-,43+,44-,45-/m0/s1. The van der Waals surface area contributed by atoms with Crippen molar-refractivity contribution in [3.63, 3.8) is 0 Å². The van der Waals surface area contributed by atoms with Gasteiger partial charge in [-0.1, -0.05) is 145 Å². The van der Waals surface area contributed by atoms with Crippen LogP contribution in [0, 0.1) is 17.8 Å². The highest BCUT2D eigenvalue weighted by Gasteiger charge is 2.41. The number of carbonyl (C=O) groups excluding carboxylic acids is 8. The van der Waals surface area contributed by atoms with Crippen molar-refractivity contribution in [3.05, 3.63) is 0 Å². The van der Waals surface area contributed by atoms with Crippen LogP contribution in [0.3, 0.4) is 0 Å². The van der Waals surface area contributed by atoms with Crippen LogP contribution in [0.2, 0.25) is 0 Å². The van der Waals surface area contributed by atoms with Gasteiger partial charge in [0.15, 0.2) is 6.04 Å². The molecule has 0 aliphatic carbocycles. The van der Waals surface area contributed by atoms with Gasteiger partial charge in [0, 0.05) is 6.54 Å². The Bertz CT molecular complexity index is 1660. The molecule has 2 aliphatic heterocycles. The van der Waals surface area contributed by atoms with Crippen LogP contribution in [0.15, 0.2) is 0 Å². The molecule has 0 spiro atoms. The molecule has 402 valence electrons. The van der Waals surface area contributed by atoms with Crippen molar-refractivity contribution in [2.45, 2.75) is 258 Å². The second kappa shape index (κ2) is 32.6. The van der Waals surface area contributed by atoms with E-state index in [1.165, 1.54) is 83.5 Å². The molecule has 0 radical (unpaired) electrons. The predicted molar refractivity (Wildman–Crippen MR) is 269 cm³/mol. The molecule has 7 amide bonds. The van der Waals surface area contributed by atoms with Crippen LogP contribution >= 0.6 is 0 Å². The number of unbranched alkanes of at least 4 members (excludes halogenated alkanes) is 14. The van der Waals surface area contributed by atoms with E-state index < -0.39 is 132 Å². The smallest absolute Gasteiger partial charge is 0.331 e. The number of hydrogen-bond acceptors (Lipinski definition) is 11. The fourth-order valence-electron chi connectivity index (χ4n) is 9.07. The van der Waals surface area contributed by atoms with Crippen LogP contribution in [0.4, 0.5) is 0 Å². The highest BCUT2D eigenvalue weighted by atomic mass is 16.5. The molecule has 0 saturated carbocycles. The van der Waals surface area contributed by atoms with E-state index in [1.807, 2.05) is 6.92 Å². The Morgan fingerprint density at radius 3 is 1.44 bits per heavy atom. The highest BCUT2D eigenvalue weighted by Crippen LogP contribution is 2.22. The molecule has 8 N–H and O–H groups in total. The van der Waals surface area contributed by atoms with Gasteiger partial charge in [-0.25, -0.2) is 4.79 Å². The Morgan fingerprint density at radius 1 is 0.543 bits per heavy atom. The van der Waals surface area contributed by atoms with Gasteiger partial charge >= 0.3 is 5.97 Å². The monoisotopic (exact) mass is 992 g/mol. The molecule has 2 heterocycles. The van der Waals surface area contributed by atoms with Gasteiger partial charge < -0.3 is 51.8 Å². The van der Waals surface area contributed by atoms with Crippen molar-refractivity contribution in [1.82, 2.24) is 36.8 Å². The molecule has 11 atom stereocenters. The number of rotatable bonds is 22. The summed E-state index contributed by atoms with van der Waals surface area (Å²) < 4.78 is 5.89. The van der Waals surface area contributed by atoms with Gasteiger partial charge in [-0.3, -0.25) is 33.6 Å². The number of aliphatic hydroxyl groups excluding tert-OH is 2. The van der Waals surface area contributed by atoms with Gasteiger partial charge in [0.1, 0.15) is 42.4 Å². The zero-order valence-corrected chi connectivity index (χ0v) is 44.4. The minimum Gasteiger partial charge on any atom is -0.460 e. The third kappa shape index (κ3) is 21.2. The van der Waals surface area contributed by atoms with E-state index in [0.717, 1.165) is 32.1 Å². The molecule has 0 aromatic heterocycles. The number of nitrogens with zero attached hydrogens (tertiary/aromatic N) is 1. The SMILES string of the molecule is CCCCCCCCCCCCCCCCCC1CC(=O)N[C@@H]([C@@H](C)O)C(=O)N[C@@H](C(C)C)C(=O)N[C@H](C)C(=O)N2CCCC2C(=O)N[C@H]([C@@H](C)CC)C(=O)N[C@@H](C(C)C)C(=O)N[C@@H]([C@@H](C)O)C(=O)O1. The number of cyclic esters (lactones) is 1. The summed E-state index contributed by atoms with van der Waals surface area (Å²) in [5.74, 6) is -7.39. The molecular weight excluding hydrogens is 899 g/mol. The van der Waals surface area contributed by atoms with Gasteiger partial charge in [-0.15, -0.1) is 0 Å². The van der Waals surface area contributed by atoms with Crippen molar-refractivity contribution in [1.29, 1.82) is 0 Å². The molecule has 2 fully saturated rings. The lowest BCUT2D eigenvalue weighted by Crippen LogP contribution is -2.61. The molecule has 18 heteroatoms. The number of nitrogens with one attached hydrogen (secondary N) is 6. The largest absolute Gasteiger partial charge is 0.460 e. The first-order valence-corrected chi connectivity index (χ1v) is 26.8. The van der Waals surface area contributed by atoms with Crippen molar-refractivity contribution in [2.75, 3.05) is 6.54 Å². The zero-order valence-electron chi connectivity index (χ0n) is 44.4. The molecule has 0 aromatic rings. The number of hydrogen-bond donors (Lipinski definition) is 8. The number of amides is 7. The molecule has 18 nitrogen and oxygen atoms in total. The third-order valence-corrected chi connectivity index (χ3v) is 13.8.